The van der Waals surface area contributed by atoms with Crippen LogP contribution in [-0.2, 0) is 19.5 Å². The van der Waals surface area contributed by atoms with Crippen molar-refractivity contribution in [2.24, 2.45) is 0 Å². The Morgan fingerprint density at radius 3 is 2.88 bits per heavy atom. The standard InChI is InChI=1S/C17H19N5OS/c23-16(10-21-7-5-13-3-1-2-4-14(13)9-21)11-22-19-17(18-20-22)15-6-8-24-12-15/h1-4,6,8,12,16,23H,5,7,9-11H2/t16-/m0/s1. The van der Waals surface area contributed by atoms with Gasteiger partial charge in [-0.3, -0.25) is 4.90 Å². The van der Waals surface area contributed by atoms with Crippen LogP contribution >= 0.6 is 11.3 Å². The van der Waals surface area contributed by atoms with Crippen LogP contribution in [0.1, 0.15) is 11.1 Å². The van der Waals surface area contributed by atoms with Gasteiger partial charge in [-0.15, -0.1) is 10.2 Å². The highest BCUT2D eigenvalue weighted by Gasteiger charge is 2.19. The number of hydrogen-bond donors (Lipinski definition) is 1. The molecule has 3 aromatic rings. The van der Waals surface area contributed by atoms with Crippen LogP contribution in [0.15, 0.2) is 41.1 Å². The quantitative estimate of drug-likeness (QED) is 0.767. The number of tetrazole rings is 1. The number of thiophene rings is 1. The molecule has 0 spiro atoms. The summed E-state index contributed by atoms with van der Waals surface area (Å²) in [5, 5.41) is 26.8. The van der Waals surface area contributed by atoms with E-state index in [1.807, 2.05) is 16.8 Å². The maximum atomic E-state index is 10.4. The van der Waals surface area contributed by atoms with E-state index in [2.05, 4.69) is 44.6 Å². The molecule has 124 valence electrons. The molecule has 3 heterocycles. The van der Waals surface area contributed by atoms with E-state index in [0.29, 0.717) is 18.9 Å². The van der Waals surface area contributed by atoms with E-state index in [1.54, 1.807) is 11.3 Å². The van der Waals surface area contributed by atoms with E-state index in [4.69, 9.17) is 0 Å². The number of nitrogens with zero attached hydrogens (tertiary/aromatic N) is 5. The minimum atomic E-state index is -0.514. The van der Waals surface area contributed by atoms with Gasteiger partial charge in [0, 0.05) is 30.6 Å². The van der Waals surface area contributed by atoms with Crippen molar-refractivity contribution in [1.82, 2.24) is 25.1 Å². The van der Waals surface area contributed by atoms with Crippen LogP contribution in [0.5, 0.6) is 0 Å². The first-order valence-electron chi connectivity index (χ1n) is 8.05. The number of hydrogen-bond acceptors (Lipinski definition) is 6. The zero-order valence-electron chi connectivity index (χ0n) is 13.2. The van der Waals surface area contributed by atoms with Crippen molar-refractivity contribution in [3.05, 3.63) is 52.2 Å². The molecule has 6 nitrogen and oxygen atoms in total. The van der Waals surface area contributed by atoms with Crippen molar-refractivity contribution in [3.8, 4) is 11.4 Å². The predicted molar refractivity (Wildman–Crippen MR) is 92.6 cm³/mol. The summed E-state index contributed by atoms with van der Waals surface area (Å²) in [4.78, 5) is 3.76. The van der Waals surface area contributed by atoms with Gasteiger partial charge in [0.25, 0.3) is 0 Å². The van der Waals surface area contributed by atoms with E-state index in [0.717, 1.165) is 25.1 Å². The van der Waals surface area contributed by atoms with Crippen molar-refractivity contribution in [2.45, 2.75) is 25.6 Å². The molecule has 24 heavy (non-hydrogen) atoms. The summed E-state index contributed by atoms with van der Waals surface area (Å²) in [5.74, 6) is 0.607. The average Bonchev–Trinajstić information content (AvgIpc) is 3.26. The SMILES string of the molecule is O[C@@H](CN1CCc2ccccc2C1)Cn1nnc(-c2ccsc2)n1. The van der Waals surface area contributed by atoms with Crippen molar-refractivity contribution >= 4 is 11.3 Å². The second-order valence-electron chi connectivity index (χ2n) is 6.09. The Morgan fingerprint density at radius 1 is 1.17 bits per heavy atom. The molecule has 0 unspecified atom stereocenters. The fraction of sp³-hybridized carbons (Fsp3) is 0.353. The first-order valence-corrected chi connectivity index (χ1v) is 9.00. The van der Waals surface area contributed by atoms with Gasteiger partial charge in [-0.2, -0.15) is 16.1 Å². The summed E-state index contributed by atoms with van der Waals surface area (Å²) < 4.78 is 0. The third kappa shape index (κ3) is 3.38. The molecule has 0 aliphatic carbocycles. The third-order valence-corrected chi connectivity index (χ3v) is 4.97. The molecule has 0 saturated carbocycles. The minimum absolute atomic E-state index is 0.356. The van der Waals surface area contributed by atoms with Crippen molar-refractivity contribution in [2.75, 3.05) is 13.1 Å². The van der Waals surface area contributed by atoms with Crippen molar-refractivity contribution in [3.63, 3.8) is 0 Å². The number of β-amino-alcohol motifs (C(OH)–C–C–N with tert-alkyl or cyclic N) is 1. The fourth-order valence-corrected chi connectivity index (χ4v) is 3.72. The maximum Gasteiger partial charge on any atom is 0.205 e. The second-order valence-corrected chi connectivity index (χ2v) is 6.87. The Labute approximate surface area is 144 Å². The Balaban J connectivity index is 1.35. The largest absolute Gasteiger partial charge is 0.390 e. The van der Waals surface area contributed by atoms with Crippen molar-refractivity contribution in [1.29, 1.82) is 0 Å². The number of aliphatic hydroxyl groups excluding tert-OH is 1. The molecule has 0 bridgehead atoms. The fourth-order valence-electron chi connectivity index (χ4n) is 3.08. The van der Waals surface area contributed by atoms with Gasteiger partial charge in [0.05, 0.1) is 12.6 Å². The van der Waals surface area contributed by atoms with Gasteiger partial charge < -0.3 is 5.11 Å². The average molecular weight is 341 g/mol. The highest BCUT2D eigenvalue weighted by molar-refractivity contribution is 7.08. The molecule has 0 amide bonds. The second kappa shape index (κ2) is 6.80. The number of aromatic nitrogens is 4. The lowest BCUT2D eigenvalue weighted by Crippen LogP contribution is -2.38. The zero-order valence-corrected chi connectivity index (χ0v) is 14.1. The van der Waals surface area contributed by atoms with Crippen LogP contribution in [0.3, 0.4) is 0 Å². The van der Waals surface area contributed by atoms with E-state index >= 15 is 0 Å². The van der Waals surface area contributed by atoms with Crippen LogP contribution in [0, 0.1) is 0 Å². The topological polar surface area (TPSA) is 67.1 Å². The number of benzene rings is 1. The lowest BCUT2D eigenvalue weighted by Gasteiger charge is -2.30. The summed E-state index contributed by atoms with van der Waals surface area (Å²) in [6.45, 7) is 2.83. The molecule has 0 radical (unpaired) electrons. The Bertz CT molecular complexity index is 801. The number of fused-ring (bicyclic) bond motifs is 1. The molecule has 1 N–H and O–H groups in total. The van der Waals surface area contributed by atoms with Gasteiger partial charge in [-0.25, -0.2) is 0 Å². The molecule has 1 atom stereocenters. The molecule has 7 heteroatoms. The normalized spacial score (nSPS) is 16.0. The Morgan fingerprint density at radius 2 is 2.04 bits per heavy atom. The third-order valence-electron chi connectivity index (χ3n) is 4.28. The molecule has 0 saturated heterocycles. The first kappa shape index (κ1) is 15.4. The van der Waals surface area contributed by atoms with E-state index in [1.165, 1.54) is 15.9 Å². The van der Waals surface area contributed by atoms with Crippen LogP contribution in [0.4, 0.5) is 0 Å². The summed E-state index contributed by atoms with van der Waals surface area (Å²) >= 11 is 1.60. The molecule has 1 aromatic carbocycles. The maximum absolute atomic E-state index is 10.4. The molecular formula is C17H19N5OS. The highest BCUT2D eigenvalue weighted by atomic mass is 32.1. The highest BCUT2D eigenvalue weighted by Crippen LogP contribution is 2.19. The summed E-state index contributed by atoms with van der Waals surface area (Å²) in [7, 11) is 0. The summed E-state index contributed by atoms with van der Waals surface area (Å²) in [6.07, 6.45) is 0.520. The number of aliphatic hydroxyl groups is 1. The zero-order chi connectivity index (χ0) is 16.4. The molecular weight excluding hydrogens is 322 g/mol. The molecule has 0 fully saturated rings. The van der Waals surface area contributed by atoms with Crippen molar-refractivity contribution < 1.29 is 5.11 Å². The minimum Gasteiger partial charge on any atom is -0.390 e. The predicted octanol–water partition coefficient (Wildman–Crippen LogP) is 1.82. The van der Waals surface area contributed by atoms with Gasteiger partial charge >= 0.3 is 0 Å². The molecule has 4 rings (SSSR count). The number of rotatable bonds is 5. The molecule has 1 aliphatic rings. The van der Waals surface area contributed by atoms with E-state index in [9.17, 15) is 5.11 Å². The van der Waals surface area contributed by atoms with Gasteiger partial charge in [0.1, 0.15) is 0 Å². The van der Waals surface area contributed by atoms with E-state index in [-0.39, 0.29) is 0 Å². The summed E-state index contributed by atoms with van der Waals surface area (Å²) in [5.41, 5.74) is 3.74. The molecule has 2 aromatic heterocycles. The van der Waals surface area contributed by atoms with Crippen LogP contribution < -0.4 is 0 Å². The van der Waals surface area contributed by atoms with Crippen LogP contribution in [-0.4, -0.2) is 49.4 Å². The first-order chi connectivity index (χ1) is 11.8. The van der Waals surface area contributed by atoms with Crippen LogP contribution in [0.2, 0.25) is 0 Å². The monoisotopic (exact) mass is 341 g/mol. The summed E-state index contributed by atoms with van der Waals surface area (Å²) in [6, 6.07) is 10.5. The van der Waals surface area contributed by atoms with Gasteiger partial charge in [0.2, 0.25) is 5.82 Å². The van der Waals surface area contributed by atoms with Gasteiger partial charge in [0.15, 0.2) is 0 Å². The Hall–Kier alpha value is -2.09. The Kier molecular flexibility index (Phi) is 4.38. The van der Waals surface area contributed by atoms with Gasteiger partial charge in [-0.1, -0.05) is 24.3 Å². The lowest BCUT2D eigenvalue weighted by atomic mass is 10.00. The smallest absolute Gasteiger partial charge is 0.205 e. The van der Waals surface area contributed by atoms with Gasteiger partial charge in [-0.05, 0) is 34.2 Å². The lowest BCUT2D eigenvalue weighted by molar-refractivity contribution is 0.0849. The van der Waals surface area contributed by atoms with E-state index < -0.39 is 6.10 Å². The molecule has 1 aliphatic heterocycles. The van der Waals surface area contributed by atoms with Crippen LogP contribution in [0.25, 0.3) is 11.4 Å².